The average molecular weight is 547 g/mol. The van der Waals surface area contributed by atoms with Gasteiger partial charge in [-0.15, -0.1) is 0 Å². The summed E-state index contributed by atoms with van der Waals surface area (Å²) in [6, 6.07) is 8.59. The number of nitrogens with zero attached hydrogens (tertiary/aromatic N) is 1. The molecule has 11 heteroatoms. The second kappa shape index (κ2) is 13.3. The summed E-state index contributed by atoms with van der Waals surface area (Å²) in [6.45, 7) is 0.952. The molecular formula is C21H22BrCl2N3O5. The molecule has 0 saturated heterocycles. The number of amides is 2. The Morgan fingerprint density at radius 1 is 1.16 bits per heavy atom. The molecule has 0 bridgehead atoms. The highest BCUT2D eigenvalue weighted by atomic mass is 79.9. The Morgan fingerprint density at radius 3 is 2.53 bits per heavy atom. The fourth-order valence-electron chi connectivity index (χ4n) is 2.48. The predicted octanol–water partition coefficient (Wildman–Crippen LogP) is 3.95. The highest BCUT2D eigenvalue weighted by Crippen LogP contribution is 2.37. The van der Waals surface area contributed by atoms with Gasteiger partial charge in [-0.3, -0.25) is 9.59 Å². The second-order valence-electron chi connectivity index (χ2n) is 6.32. The molecule has 2 N–H and O–H groups in total. The van der Waals surface area contributed by atoms with E-state index in [1.54, 1.807) is 37.4 Å². The minimum absolute atomic E-state index is 0.135. The van der Waals surface area contributed by atoms with Crippen LogP contribution in [0.3, 0.4) is 0 Å². The Bertz CT molecular complexity index is 968. The summed E-state index contributed by atoms with van der Waals surface area (Å²) in [6.07, 6.45) is 1.97. The van der Waals surface area contributed by atoms with E-state index in [-0.39, 0.29) is 6.61 Å². The summed E-state index contributed by atoms with van der Waals surface area (Å²) >= 11 is 15.8. The maximum atomic E-state index is 11.8. The molecule has 2 amide bonds. The van der Waals surface area contributed by atoms with Crippen molar-refractivity contribution in [2.24, 2.45) is 5.10 Å². The SMILES string of the molecule is COCCCNC(=O)C(=O)N/N=C\c1cc(Br)c(OCc2c(Cl)cccc2Cl)c(OC)c1. The lowest BCUT2D eigenvalue weighted by Gasteiger charge is -2.14. The largest absolute Gasteiger partial charge is 0.493 e. The first kappa shape index (κ1) is 25.9. The van der Waals surface area contributed by atoms with Crippen LogP contribution in [0.4, 0.5) is 0 Å². The van der Waals surface area contributed by atoms with Crippen molar-refractivity contribution in [1.82, 2.24) is 10.7 Å². The standard InChI is InChI=1S/C21H22BrCl2N3O5/c1-30-8-4-7-25-20(28)21(29)27-26-11-13-9-15(22)19(18(10-13)31-2)32-12-14-16(23)5-3-6-17(14)24/h3,5-6,9-11H,4,7-8,12H2,1-2H3,(H,25,28)(H,27,29)/b26-11-. The lowest BCUT2D eigenvalue weighted by Crippen LogP contribution is -2.38. The molecule has 0 aliphatic heterocycles. The summed E-state index contributed by atoms with van der Waals surface area (Å²) in [4.78, 5) is 23.5. The van der Waals surface area contributed by atoms with Crippen LogP contribution in [0, 0.1) is 0 Å². The van der Waals surface area contributed by atoms with Crippen molar-refractivity contribution in [1.29, 1.82) is 0 Å². The van der Waals surface area contributed by atoms with Gasteiger partial charge in [-0.2, -0.15) is 5.10 Å². The van der Waals surface area contributed by atoms with Crippen LogP contribution in [0.25, 0.3) is 0 Å². The van der Waals surface area contributed by atoms with Gasteiger partial charge in [0.1, 0.15) is 6.61 Å². The van der Waals surface area contributed by atoms with Crippen LogP contribution >= 0.6 is 39.1 Å². The Hall–Kier alpha value is -2.33. The third-order valence-electron chi connectivity index (χ3n) is 4.07. The molecule has 2 rings (SSSR count). The molecule has 172 valence electrons. The van der Waals surface area contributed by atoms with E-state index in [0.29, 0.717) is 56.7 Å². The highest BCUT2D eigenvalue weighted by molar-refractivity contribution is 9.10. The van der Waals surface area contributed by atoms with Crippen molar-refractivity contribution in [3.05, 3.63) is 56.0 Å². The highest BCUT2D eigenvalue weighted by Gasteiger charge is 2.14. The molecule has 0 radical (unpaired) electrons. The topological polar surface area (TPSA) is 98.2 Å². The van der Waals surface area contributed by atoms with E-state index in [4.69, 9.17) is 37.4 Å². The normalized spacial score (nSPS) is 10.8. The molecule has 8 nitrogen and oxygen atoms in total. The van der Waals surface area contributed by atoms with E-state index in [1.165, 1.54) is 13.3 Å². The third-order valence-corrected chi connectivity index (χ3v) is 5.37. The molecule has 32 heavy (non-hydrogen) atoms. The Kier molecular flexibility index (Phi) is 10.8. The fraction of sp³-hybridized carbons (Fsp3) is 0.286. The van der Waals surface area contributed by atoms with Crippen LogP contribution in [0.5, 0.6) is 11.5 Å². The molecule has 0 spiro atoms. The maximum absolute atomic E-state index is 11.8. The number of benzene rings is 2. The van der Waals surface area contributed by atoms with Crippen molar-refractivity contribution in [3.63, 3.8) is 0 Å². The molecule has 0 aromatic heterocycles. The summed E-state index contributed by atoms with van der Waals surface area (Å²) in [5.41, 5.74) is 3.42. The number of hydrazone groups is 1. The molecule has 0 aliphatic rings. The van der Waals surface area contributed by atoms with Gasteiger partial charge in [0.25, 0.3) is 0 Å². The van der Waals surface area contributed by atoms with Crippen LogP contribution in [0.15, 0.2) is 39.9 Å². The minimum atomic E-state index is -0.874. The van der Waals surface area contributed by atoms with Crippen molar-refractivity contribution >= 4 is 57.2 Å². The van der Waals surface area contributed by atoms with Gasteiger partial charge in [0.05, 0.1) is 17.8 Å². The number of carbonyl (C=O) groups is 2. The fourth-order valence-corrected chi connectivity index (χ4v) is 3.56. The molecule has 0 fully saturated rings. The van der Waals surface area contributed by atoms with Crippen molar-refractivity contribution in [2.75, 3.05) is 27.4 Å². The predicted molar refractivity (Wildman–Crippen MR) is 127 cm³/mol. The zero-order valence-electron chi connectivity index (χ0n) is 17.4. The Labute approximate surface area is 204 Å². The zero-order chi connectivity index (χ0) is 23.5. The second-order valence-corrected chi connectivity index (χ2v) is 7.99. The molecule has 0 saturated carbocycles. The van der Waals surface area contributed by atoms with E-state index >= 15 is 0 Å². The summed E-state index contributed by atoms with van der Waals surface area (Å²) in [5, 5.41) is 7.27. The monoisotopic (exact) mass is 545 g/mol. The molecule has 2 aromatic rings. The van der Waals surface area contributed by atoms with Gasteiger partial charge < -0.3 is 19.5 Å². The average Bonchev–Trinajstić information content (AvgIpc) is 2.76. The molecule has 0 aliphatic carbocycles. The lowest BCUT2D eigenvalue weighted by molar-refractivity contribution is -0.139. The first-order valence-corrected chi connectivity index (χ1v) is 11.0. The van der Waals surface area contributed by atoms with Crippen molar-refractivity contribution < 1.29 is 23.8 Å². The number of hydrogen-bond acceptors (Lipinski definition) is 6. The number of hydrogen-bond donors (Lipinski definition) is 2. The van der Waals surface area contributed by atoms with Crippen molar-refractivity contribution in [3.8, 4) is 11.5 Å². The van der Waals surface area contributed by atoms with Crippen LogP contribution in [-0.2, 0) is 20.9 Å². The van der Waals surface area contributed by atoms with Gasteiger partial charge in [0.15, 0.2) is 11.5 Å². The summed E-state index contributed by atoms with van der Waals surface area (Å²) in [7, 11) is 3.05. The minimum Gasteiger partial charge on any atom is -0.493 e. The first-order valence-electron chi connectivity index (χ1n) is 9.40. The van der Waals surface area contributed by atoms with E-state index in [9.17, 15) is 9.59 Å². The quantitative estimate of drug-likeness (QED) is 0.203. The number of methoxy groups -OCH3 is 2. The molecule has 2 aromatic carbocycles. The first-order chi connectivity index (χ1) is 15.4. The van der Waals surface area contributed by atoms with Gasteiger partial charge in [-0.25, -0.2) is 5.43 Å². The van der Waals surface area contributed by atoms with Crippen LogP contribution in [-0.4, -0.2) is 45.4 Å². The summed E-state index contributed by atoms with van der Waals surface area (Å²) in [5.74, 6) is -0.786. The van der Waals surface area contributed by atoms with Gasteiger partial charge in [-0.05, 0) is 52.2 Å². The molecular weight excluding hydrogens is 525 g/mol. The number of nitrogens with one attached hydrogen (secondary N) is 2. The number of ether oxygens (including phenoxy) is 3. The molecule has 0 unspecified atom stereocenters. The van der Waals surface area contributed by atoms with Crippen molar-refractivity contribution in [2.45, 2.75) is 13.0 Å². The van der Waals surface area contributed by atoms with Gasteiger partial charge in [0.2, 0.25) is 0 Å². The molecule has 0 heterocycles. The van der Waals surface area contributed by atoms with Crippen LogP contribution < -0.4 is 20.2 Å². The Balaban J connectivity index is 2.01. The molecule has 0 atom stereocenters. The maximum Gasteiger partial charge on any atom is 0.329 e. The van der Waals surface area contributed by atoms with Crippen LogP contribution in [0.1, 0.15) is 17.5 Å². The van der Waals surface area contributed by atoms with Gasteiger partial charge in [0, 0.05) is 35.9 Å². The smallest absolute Gasteiger partial charge is 0.329 e. The Morgan fingerprint density at radius 2 is 1.88 bits per heavy atom. The number of halogens is 3. The zero-order valence-corrected chi connectivity index (χ0v) is 20.5. The van der Waals surface area contributed by atoms with Gasteiger partial charge in [-0.1, -0.05) is 29.3 Å². The van der Waals surface area contributed by atoms with Gasteiger partial charge >= 0.3 is 11.8 Å². The third kappa shape index (κ3) is 7.67. The van der Waals surface area contributed by atoms with Crippen LogP contribution in [0.2, 0.25) is 10.0 Å². The van der Waals surface area contributed by atoms with E-state index in [0.717, 1.165) is 0 Å². The van der Waals surface area contributed by atoms with E-state index < -0.39 is 11.8 Å². The number of rotatable bonds is 10. The summed E-state index contributed by atoms with van der Waals surface area (Å²) < 4.78 is 16.7. The van der Waals surface area contributed by atoms with E-state index in [2.05, 4.69) is 31.8 Å². The van der Waals surface area contributed by atoms with E-state index in [1.807, 2.05) is 0 Å². The lowest BCUT2D eigenvalue weighted by atomic mass is 10.2. The number of carbonyl (C=O) groups excluding carboxylic acids is 2.